The van der Waals surface area contributed by atoms with Crippen molar-refractivity contribution in [1.82, 2.24) is 9.62 Å². The molecule has 1 aromatic carbocycles. The molecule has 0 bridgehead atoms. The molecule has 0 fully saturated rings. The van der Waals surface area contributed by atoms with Gasteiger partial charge in [-0.2, -0.15) is 0 Å². The number of halogens is 1. The maximum atomic E-state index is 13.6. The van der Waals surface area contributed by atoms with Crippen LogP contribution in [0.5, 0.6) is 0 Å². The average Bonchev–Trinajstić information content (AvgIpc) is 2.36. The van der Waals surface area contributed by atoms with Gasteiger partial charge in [-0.1, -0.05) is 20.8 Å². The molecule has 1 N–H and O–H groups in total. The predicted molar refractivity (Wildman–Crippen MR) is 78.4 cm³/mol. The number of hydrogen-bond donors (Lipinski definition) is 1. The van der Waals surface area contributed by atoms with E-state index >= 15 is 0 Å². The van der Waals surface area contributed by atoms with Crippen molar-refractivity contribution in [2.45, 2.75) is 32.2 Å². The second kappa shape index (κ2) is 7.15. The van der Waals surface area contributed by atoms with Crippen molar-refractivity contribution in [1.29, 1.82) is 0 Å². The number of nitrogens with one attached hydrogen (secondary N) is 1. The second-order valence-corrected chi connectivity index (χ2v) is 7.26. The topological polar surface area (TPSA) is 49.4 Å². The first-order chi connectivity index (χ1) is 9.28. The van der Waals surface area contributed by atoms with Crippen LogP contribution in [0.4, 0.5) is 4.39 Å². The highest BCUT2D eigenvalue weighted by atomic mass is 32.2. The molecule has 6 heteroatoms. The molecule has 0 heterocycles. The number of nitrogens with zero attached hydrogens (tertiary/aromatic N) is 1. The largest absolute Gasteiger partial charge is 0.313 e. The van der Waals surface area contributed by atoms with Crippen molar-refractivity contribution >= 4 is 10.0 Å². The fourth-order valence-corrected chi connectivity index (χ4v) is 3.28. The molecule has 0 aliphatic rings. The lowest BCUT2D eigenvalue weighted by Crippen LogP contribution is -2.30. The van der Waals surface area contributed by atoms with E-state index in [9.17, 15) is 12.8 Å². The van der Waals surface area contributed by atoms with Crippen LogP contribution in [0.15, 0.2) is 23.1 Å². The molecule has 114 valence electrons. The Labute approximate surface area is 121 Å². The van der Waals surface area contributed by atoms with Gasteiger partial charge in [-0.05, 0) is 30.7 Å². The van der Waals surface area contributed by atoms with Crippen molar-refractivity contribution in [3.05, 3.63) is 29.6 Å². The van der Waals surface area contributed by atoms with Crippen molar-refractivity contribution < 1.29 is 12.8 Å². The van der Waals surface area contributed by atoms with Gasteiger partial charge >= 0.3 is 0 Å². The molecular weight excluding hydrogens is 279 g/mol. The molecule has 0 atom stereocenters. The lowest BCUT2D eigenvalue weighted by Gasteiger charge is -2.19. The molecule has 1 aromatic rings. The molecule has 1 rings (SSSR count). The van der Waals surface area contributed by atoms with Crippen LogP contribution in [0.2, 0.25) is 0 Å². The summed E-state index contributed by atoms with van der Waals surface area (Å²) in [5.41, 5.74) is 0.367. The van der Waals surface area contributed by atoms with Crippen LogP contribution in [0.1, 0.15) is 26.3 Å². The molecule has 0 aromatic heterocycles. The molecule has 4 nitrogen and oxygen atoms in total. The standard InChI is InChI=1S/C14H23FN2O2S/c1-5-16-9-12-8-13(6-7-14(12)15)20(18,19)17(4)10-11(2)3/h6-8,11,16H,5,9-10H2,1-4H3. The van der Waals surface area contributed by atoms with Crippen molar-refractivity contribution in [2.24, 2.45) is 5.92 Å². The van der Waals surface area contributed by atoms with Gasteiger partial charge in [0.15, 0.2) is 0 Å². The van der Waals surface area contributed by atoms with Crippen LogP contribution in [0.25, 0.3) is 0 Å². The zero-order chi connectivity index (χ0) is 15.3. The first-order valence-corrected chi connectivity index (χ1v) is 8.18. The van der Waals surface area contributed by atoms with E-state index in [1.54, 1.807) is 7.05 Å². The Hall–Kier alpha value is -0.980. The number of hydrogen-bond acceptors (Lipinski definition) is 3. The van der Waals surface area contributed by atoms with Crippen LogP contribution >= 0.6 is 0 Å². The molecule has 0 aliphatic carbocycles. The van der Waals surface area contributed by atoms with Gasteiger partial charge in [0.25, 0.3) is 0 Å². The Kier molecular flexibility index (Phi) is 6.10. The summed E-state index contributed by atoms with van der Waals surface area (Å²) in [6.45, 7) is 7.26. The van der Waals surface area contributed by atoms with Crippen molar-refractivity contribution in [3.8, 4) is 0 Å². The first-order valence-electron chi connectivity index (χ1n) is 6.74. The Balaban J connectivity index is 3.06. The zero-order valence-corrected chi connectivity index (χ0v) is 13.3. The Morgan fingerprint density at radius 1 is 1.35 bits per heavy atom. The van der Waals surface area contributed by atoms with Gasteiger partial charge in [0.1, 0.15) is 5.82 Å². The summed E-state index contributed by atoms with van der Waals surface area (Å²) in [6, 6.07) is 3.93. The molecule has 0 unspecified atom stereocenters. The molecule has 0 saturated heterocycles. The van der Waals surface area contributed by atoms with E-state index in [0.717, 1.165) is 0 Å². The summed E-state index contributed by atoms with van der Waals surface area (Å²) < 4.78 is 39.7. The molecule has 0 spiro atoms. The lowest BCUT2D eigenvalue weighted by atomic mass is 10.2. The van der Waals surface area contributed by atoms with E-state index in [-0.39, 0.29) is 10.8 Å². The molecular formula is C14H23FN2O2S. The molecule has 0 aliphatic heterocycles. The number of benzene rings is 1. The third-order valence-corrected chi connectivity index (χ3v) is 4.73. The highest BCUT2D eigenvalue weighted by molar-refractivity contribution is 7.89. The highest BCUT2D eigenvalue weighted by Gasteiger charge is 2.22. The summed E-state index contributed by atoms with van der Waals surface area (Å²) in [6.07, 6.45) is 0. The zero-order valence-electron chi connectivity index (χ0n) is 12.5. The van der Waals surface area contributed by atoms with Crippen LogP contribution in [-0.2, 0) is 16.6 Å². The van der Waals surface area contributed by atoms with Crippen molar-refractivity contribution in [2.75, 3.05) is 20.1 Å². The van der Waals surface area contributed by atoms with Gasteiger partial charge in [-0.3, -0.25) is 0 Å². The lowest BCUT2D eigenvalue weighted by molar-refractivity contribution is 0.417. The second-order valence-electron chi connectivity index (χ2n) is 5.21. The minimum Gasteiger partial charge on any atom is -0.313 e. The van der Waals surface area contributed by atoms with Gasteiger partial charge in [0.2, 0.25) is 10.0 Å². The van der Waals surface area contributed by atoms with Gasteiger partial charge in [0.05, 0.1) is 4.90 Å². The average molecular weight is 302 g/mol. The van der Waals surface area contributed by atoms with Crippen LogP contribution in [-0.4, -0.2) is 32.9 Å². The molecule has 0 radical (unpaired) electrons. The van der Waals surface area contributed by atoms with E-state index in [1.165, 1.54) is 22.5 Å². The Bertz CT molecular complexity index is 544. The Morgan fingerprint density at radius 2 is 2.00 bits per heavy atom. The van der Waals surface area contributed by atoms with Gasteiger partial charge < -0.3 is 5.32 Å². The summed E-state index contributed by atoms with van der Waals surface area (Å²) in [7, 11) is -2.02. The van der Waals surface area contributed by atoms with Crippen molar-refractivity contribution in [3.63, 3.8) is 0 Å². The van der Waals surface area contributed by atoms with E-state index < -0.39 is 15.8 Å². The summed E-state index contributed by atoms with van der Waals surface area (Å²) in [4.78, 5) is 0.134. The van der Waals surface area contributed by atoms with Gasteiger partial charge in [-0.15, -0.1) is 0 Å². The summed E-state index contributed by atoms with van der Waals surface area (Å²) >= 11 is 0. The molecule has 20 heavy (non-hydrogen) atoms. The maximum absolute atomic E-state index is 13.6. The van der Waals surface area contributed by atoms with Crippen LogP contribution in [0.3, 0.4) is 0 Å². The molecule has 0 saturated carbocycles. The highest BCUT2D eigenvalue weighted by Crippen LogP contribution is 2.19. The minimum atomic E-state index is -3.56. The van der Waals surface area contributed by atoms with Crippen LogP contribution < -0.4 is 5.32 Å². The smallest absolute Gasteiger partial charge is 0.242 e. The van der Waals surface area contributed by atoms with E-state index in [1.807, 2.05) is 20.8 Å². The monoisotopic (exact) mass is 302 g/mol. The normalized spacial score (nSPS) is 12.3. The van der Waals surface area contributed by atoms with Gasteiger partial charge in [-0.25, -0.2) is 17.1 Å². The minimum absolute atomic E-state index is 0.134. The van der Waals surface area contributed by atoms with E-state index in [2.05, 4.69) is 5.32 Å². The Morgan fingerprint density at radius 3 is 2.55 bits per heavy atom. The van der Waals surface area contributed by atoms with E-state index in [4.69, 9.17) is 0 Å². The summed E-state index contributed by atoms with van der Waals surface area (Å²) in [5, 5.41) is 3.00. The third kappa shape index (κ3) is 4.26. The van der Waals surface area contributed by atoms with E-state index in [0.29, 0.717) is 25.2 Å². The first kappa shape index (κ1) is 17.1. The maximum Gasteiger partial charge on any atom is 0.242 e. The predicted octanol–water partition coefficient (Wildman–Crippen LogP) is 2.21. The van der Waals surface area contributed by atoms with Gasteiger partial charge in [0, 0.05) is 25.7 Å². The summed E-state index contributed by atoms with van der Waals surface area (Å²) in [5.74, 6) is -0.159. The number of rotatable bonds is 7. The molecule has 0 amide bonds. The third-order valence-electron chi connectivity index (χ3n) is 2.91. The number of sulfonamides is 1. The SMILES string of the molecule is CCNCc1cc(S(=O)(=O)N(C)CC(C)C)ccc1F. The fraction of sp³-hybridized carbons (Fsp3) is 0.571. The fourth-order valence-electron chi connectivity index (χ4n) is 1.90. The van der Waals surface area contributed by atoms with Crippen LogP contribution in [0, 0.1) is 11.7 Å². The quantitative estimate of drug-likeness (QED) is 0.840.